The molecule has 0 spiro atoms. The van der Waals surface area contributed by atoms with Crippen LogP contribution in [0.4, 0.5) is 8.78 Å². The second-order valence-electron chi connectivity index (χ2n) is 6.26. The molecule has 0 saturated heterocycles. The molecule has 0 heterocycles. The zero-order valence-electron chi connectivity index (χ0n) is 13.0. The van der Waals surface area contributed by atoms with Crippen molar-refractivity contribution in [3.8, 4) is 0 Å². The molecule has 0 unspecified atom stereocenters. The number of hydrogen-bond acceptors (Lipinski definition) is 0. The quantitative estimate of drug-likeness (QED) is 0.576. The van der Waals surface area contributed by atoms with Crippen LogP contribution >= 0.6 is 0 Å². The summed E-state index contributed by atoms with van der Waals surface area (Å²) in [6, 6.07) is 5.66. The highest BCUT2D eigenvalue weighted by Gasteiger charge is 2.22. The fourth-order valence-corrected chi connectivity index (χ4v) is 3.51. The van der Waals surface area contributed by atoms with Gasteiger partial charge in [0.2, 0.25) is 0 Å². The van der Waals surface area contributed by atoms with E-state index in [1.165, 1.54) is 44.6 Å². The van der Waals surface area contributed by atoms with E-state index >= 15 is 0 Å². The highest BCUT2D eigenvalue weighted by molar-refractivity contribution is 5.27. The van der Waals surface area contributed by atoms with Crippen molar-refractivity contribution in [2.45, 2.75) is 64.2 Å². The molecule has 0 N–H and O–H groups in total. The summed E-state index contributed by atoms with van der Waals surface area (Å²) in [6.07, 6.45) is 10.6. The van der Waals surface area contributed by atoms with Crippen LogP contribution in [0.1, 0.15) is 68.9 Å². The van der Waals surface area contributed by atoms with Gasteiger partial charge in [-0.15, -0.1) is 0 Å². The van der Waals surface area contributed by atoms with E-state index in [0.29, 0.717) is 30.7 Å². The fourth-order valence-electron chi connectivity index (χ4n) is 3.51. The predicted octanol–water partition coefficient (Wildman–Crippen LogP) is 6.32. The summed E-state index contributed by atoms with van der Waals surface area (Å²) in [4.78, 5) is 0. The van der Waals surface area contributed by atoms with Crippen molar-refractivity contribution in [1.82, 2.24) is 0 Å². The third-order valence-electron chi connectivity index (χ3n) is 4.76. The standard InChI is InChI=1S/C19H26F2/c1-2-5-15-7-9-16(10-8-15)18-12-11-17(19(21)14-18)6-3-4-13-20/h4,11-16H,2-3,5-10H2,1H3/b13-4+/t15-,16-. The first-order valence-electron chi connectivity index (χ1n) is 8.28. The van der Waals surface area contributed by atoms with Gasteiger partial charge >= 0.3 is 0 Å². The van der Waals surface area contributed by atoms with Crippen molar-refractivity contribution >= 4 is 0 Å². The lowest BCUT2D eigenvalue weighted by Crippen LogP contribution is -2.13. The predicted molar refractivity (Wildman–Crippen MR) is 84.6 cm³/mol. The summed E-state index contributed by atoms with van der Waals surface area (Å²) >= 11 is 0. The molecule has 1 aliphatic carbocycles. The Labute approximate surface area is 127 Å². The van der Waals surface area contributed by atoms with Crippen LogP contribution in [0.3, 0.4) is 0 Å². The monoisotopic (exact) mass is 292 g/mol. The van der Waals surface area contributed by atoms with Gasteiger partial charge in [-0.2, -0.15) is 0 Å². The van der Waals surface area contributed by atoms with E-state index in [4.69, 9.17) is 0 Å². The molecular formula is C19H26F2. The normalized spacial score (nSPS) is 22.8. The molecule has 0 radical (unpaired) electrons. The van der Waals surface area contributed by atoms with Crippen LogP contribution in [-0.2, 0) is 6.42 Å². The Morgan fingerprint density at radius 2 is 1.95 bits per heavy atom. The van der Waals surface area contributed by atoms with Crippen molar-refractivity contribution in [2.75, 3.05) is 0 Å². The highest BCUT2D eigenvalue weighted by Crippen LogP contribution is 2.37. The molecule has 0 atom stereocenters. The molecule has 0 bridgehead atoms. The minimum atomic E-state index is -0.129. The van der Waals surface area contributed by atoms with Crippen LogP contribution in [0.25, 0.3) is 0 Å². The van der Waals surface area contributed by atoms with Crippen molar-refractivity contribution in [2.24, 2.45) is 5.92 Å². The van der Waals surface area contributed by atoms with Crippen LogP contribution in [0.15, 0.2) is 30.6 Å². The maximum absolute atomic E-state index is 14.1. The Bertz CT molecular complexity index is 457. The third-order valence-corrected chi connectivity index (χ3v) is 4.76. The average Bonchev–Trinajstić information content (AvgIpc) is 2.50. The van der Waals surface area contributed by atoms with Gasteiger partial charge in [0.15, 0.2) is 0 Å². The van der Waals surface area contributed by atoms with Gasteiger partial charge in [-0.25, -0.2) is 8.78 Å². The molecule has 21 heavy (non-hydrogen) atoms. The summed E-state index contributed by atoms with van der Waals surface area (Å²) in [6.45, 7) is 2.25. The van der Waals surface area contributed by atoms with Crippen LogP contribution in [0, 0.1) is 11.7 Å². The van der Waals surface area contributed by atoms with Gasteiger partial charge in [0.25, 0.3) is 0 Å². The first kappa shape index (κ1) is 16.2. The van der Waals surface area contributed by atoms with E-state index in [1.807, 2.05) is 6.07 Å². The number of halogens is 2. The third kappa shape index (κ3) is 4.66. The minimum Gasteiger partial charge on any atom is -0.216 e. The van der Waals surface area contributed by atoms with Gasteiger partial charge in [-0.3, -0.25) is 0 Å². The number of benzene rings is 1. The number of allylic oxidation sites excluding steroid dienone is 1. The first-order valence-corrected chi connectivity index (χ1v) is 8.28. The van der Waals surface area contributed by atoms with Crippen LogP contribution in [0.2, 0.25) is 0 Å². The van der Waals surface area contributed by atoms with Crippen LogP contribution < -0.4 is 0 Å². The van der Waals surface area contributed by atoms with E-state index in [9.17, 15) is 8.78 Å². The first-order chi connectivity index (χ1) is 10.2. The summed E-state index contributed by atoms with van der Waals surface area (Å²) in [5.41, 5.74) is 1.84. The molecule has 1 saturated carbocycles. The van der Waals surface area contributed by atoms with Gasteiger partial charge in [-0.05, 0) is 67.6 Å². The SMILES string of the molecule is CCC[C@H]1CC[C@H](c2ccc(CC/C=C/F)c(F)c2)CC1. The van der Waals surface area contributed by atoms with E-state index in [1.54, 1.807) is 6.07 Å². The summed E-state index contributed by atoms with van der Waals surface area (Å²) in [5, 5.41) is 0. The number of rotatable bonds is 6. The van der Waals surface area contributed by atoms with E-state index < -0.39 is 0 Å². The number of hydrogen-bond donors (Lipinski definition) is 0. The van der Waals surface area contributed by atoms with Crippen LogP contribution in [-0.4, -0.2) is 0 Å². The van der Waals surface area contributed by atoms with Gasteiger partial charge in [0.05, 0.1) is 6.33 Å². The Morgan fingerprint density at radius 3 is 2.57 bits per heavy atom. The molecule has 2 rings (SSSR count). The molecule has 1 aromatic rings. The Hall–Kier alpha value is -1.18. The summed E-state index contributed by atoms with van der Waals surface area (Å²) < 4.78 is 26.0. The minimum absolute atomic E-state index is 0.129. The van der Waals surface area contributed by atoms with E-state index in [-0.39, 0.29) is 5.82 Å². The maximum Gasteiger partial charge on any atom is 0.126 e. The molecule has 0 aliphatic heterocycles. The highest BCUT2D eigenvalue weighted by atomic mass is 19.1. The summed E-state index contributed by atoms with van der Waals surface area (Å²) in [7, 11) is 0. The van der Waals surface area contributed by atoms with Crippen LogP contribution in [0.5, 0.6) is 0 Å². The van der Waals surface area contributed by atoms with Gasteiger partial charge in [-0.1, -0.05) is 38.0 Å². The van der Waals surface area contributed by atoms with Gasteiger partial charge in [0, 0.05) is 0 Å². The average molecular weight is 292 g/mol. The molecule has 0 amide bonds. The van der Waals surface area contributed by atoms with Crippen molar-refractivity contribution in [3.05, 3.63) is 47.5 Å². The van der Waals surface area contributed by atoms with Gasteiger partial charge in [0.1, 0.15) is 5.82 Å². The lowest BCUT2D eigenvalue weighted by molar-refractivity contribution is 0.308. The Kier molecular flexibility index (Phi) is 6.41. The molecule has 0 aromatic heterocycles. The zero-order valence-corrected chi connectivity index (χ0v) is 13.0. The zero-order chi connectivity index (χ0) is 15.1. The molecule has 1 fully saturated rings. The second kappa shape index (κ2) is 8.31. The van der Waals surface area contributed by atoms with Crippen molar-refractivity contribution < 1.29 is 8.78 Å². The smallest absolute Gasteiger partial charge is 0.126 e. The molecular weight excluding hydrogens is 266 g/mol. The molecule has 116 valence electrons. The lowest BCUT2D eigenvalue weighted by atomic mass is 9.77. The molecule has 1 aromatic carbocycles. The lowest BCUT2D eigenvalue weighted by Gasteiger charge is -2.28. The van der Waals surface area contributed by atoms with Crippen molar-refractivity contribution in [3.63, 3.8) is 0 Å². The Morgan fingerprint density at radius 1 is 1.19 bits per heavy atom. The topological polar surface area (TPSA) is 0 Å². The van der Waals surface area contributed by atoms with Gasteiger partial charge < -0.3 is 0 Å². The molecule has 0 nitrogen and oxygen atoms in total. The number of aryl methyl sites for hydroxylation is 1. The Balaban J connectivity index is 1.94. The maximum atomic E-state index is 14.1. The molecule has 1 aliphatic rings. The molecule has 2 heteroatoms. The van der Waals surface area contributed by atoms with E-state index in [2.05, 4.69) is 13.0 Å². The second-order valence-corrected chi connectivity index (χ2v) is 6.26. The fraction of sp³-hybridized carbons (Fsp3) is 0.579. The van der Waals surface area contributed by atoms with Crippen molar-refractivity contribution in [1.29, 1.82) is 0 Å². The largest absolute Gasteiger partial charge is 0.216 e. The van der Waals surface area contributed by atoms with E-state index in [0.717, 1.165) is 11.5 Å². The summed E-state index contributed by atoms with van der Waals surface area (Å²) in [5.74, 6) is 1.27.